The molecular weight excluding hydrogens is 259 g/mol. The number of nitrogens with zero attached hydrogens (tertiary/aromatic N) is 1. The quantitative estimate of drug-likeness (QED) is 0.916. The van der Waals surface area contributed by atoms with Crippen molar-refractivity contribution in [1.29, 1.82) is 0 Å². The number of nitrogens with one attached hydrogen (secondary N) is 1. The molecule has 0 aromatic heterocycles. The molecule has 0 bridgehead atoms. The molecule has 0 aliphatic heterocycles. The van der Waals surface area contributed by atoms with Gasteiger partial charge in [-0.05, 0) is 24.6 Å². The minimum Gasteiger partial charge on any atom is -0.348 e. The molecule has 0 saturated carbocycles. The van der Waals surface area contributed by atoms with E-state index >= 15 is 0 Å². The van der Waals surface area contributed by atoms with E-state index < -0.39 is 0 Å². The molecule has 1 atom stereocenters. The van der Waals surface area contributed by atoms with Gasteiger partial charge in [0.15, 0.2) is 0 Å². The Morgan fingerprint density at radius 3 is 2.53 bits per heavy atom. The van der Waals surface area contributed by atoms with Gasteiger partial charge in [0, 0.05) is 20.1 Å². The number of likely N-dealkylation sites (N-methyl/N-ethyl adjacent to an activating group) is 1. The number of rotatable bonds is 4. The molecule has 1 amide bonds. The standard InChI is InChI=1S/C12H16Cl2N2O/c1-8(15-7-12(17)16(2)3)9-4-5-10(13)11(14)6-9/h4-6,8,15H,7H2,1-3H3. The molecule has 1 rings (SSSR count). The molecule has 1 aromatic carbocycles. The van der Waals surface area contributed by atoms with Crippen LogP contribution < -0.4 is 5.32 Å². The summed E-state index contributed by atoms with van der Waals surface area (Å²) in [6.07, 6.45) is 0. The summed E-state index contributed by atoms with van der Waals surface area (Å²) in [7, 11) is 3.46. The summed E-state index contributed by atoms with van der Waals surface area (Å²) in [5.74, 6) is 0.0388. The molecule has 0 saturated heterocycles. The van der Waals surface area contributed by atoms with Crippen LogP contribution in [0, 0.1) is 0 Å². The van der Waals surface area contributed by atoms with Crippen LogP contribution in [0.25, 0.3) is 0 Å². The molecule has 94 valence electrons. The molecule has 3 nitrogen and oxygen atoms in total. The van der Waals surface area contributed by atoms with E-state index in [1.165, 1.54) is 0 Å². The predicted molar refractivity (Wildman–Crippen MR) is 71.6 cm³/mol. The first-order valence-electron chi connectivity index (χ1n) is 5.30. The van der Waals surface area contributed by atoms with E-state index in [4.69, 9.17) is 23.2 Å². The normalized spacial score (nSPS) is 12.3. The van der Waals surface area contributed by atoms with Gasteiger partial charge in [0.05, 0.1) is 16.6 Å². The fourth-order valence-electron chi connectivity index (χ4n) is 1.30. The summed E-state index contributed by atoms with van der Waals surface area (Å²) in [6, 6.07) is 5.51. The van der Waals surface area contributed by atoms with Crippen LogP contribution in [-0.2, 0) is 4.79 Å². The third-order valence-electron chi connectivity index (χ3n) is 2.50. The first-order valence-corrected chi connectivity index (χ1v) is 6.06. The van der Waals surface area contributed by atoms with Crippen LogP contribution in [0.3, 0.4) is 0 Å². The summed E-state index contributed by atoms with van der Waals surface area (Å²) in [5.41, 5.74) is 1.01. The van der Waals surface area contributed by atoms with Crippen molar-refractivity contribution in [1.82, 2.24) is 10.2 Å². The van der Waals surface area contributed by atoms with Crippen molar-refractivity contribution in [2.24, 2.45) is 0 Å². The third kappa shape index (κ3) is 4.19. The Kier molecular flexibility index (Phi) is 5.25. The lowest BCUT2D eigenvalue weighted by Gasteiger charge is -2.16. The van der Waals surface area contributed by atoms with Gasteiger partial charge in [0.2, 0.25) is 5.91 Å². The van der Waals surface area contributed by atoms with Crippen LogP contribution >= 0.6 is 23.2 Å². The molecule has 1 N–H and O–H groups in total. The molecule has 0 heterocycles. The van der Waals surface area contributed by atoms with Crippen molar-refractivity contribution in [3.05, 3.63) is 33.8 Å². The zero-order valence-electron chi connectivity index (χ0n) is 10.1. The van der Waals surface area contributed by atoms with E-state index in [1.807, 2.05) is 19.1 Å². The van der Waals surface area contributed by atoms with Gasteiger partial charge in [0.25, 0.3) is 0 Å². The van der Waals surface area contributed by atoms with Crippen molar-refractivity contribution in [2.75, 3.05) is 20.6 Å². The maximum absolute atomic E-state index is 11.4. The van der Waals surface area contributed by atoms with E-state index in [0.29, 0.717) is 16.6 Å². The van der Waals surface area contributed by atoms with E-state index in [0.717, 1.165) is 5.56 Å². The van der Waals surface area contributed by atoms with Gasteiger partial charge in [-0.1, -0.05) is 29.3 Å². The summed E-state index contributed by atoms with van der Waals surface area (Å²) in [4.78, 5) is 13.0. The highest BCUT2D eigenvalue weighted by molar-refractivity contribution is 6.42. The molecule has 5 heteroatoms. The van der Waals surface area contributed by atoms with Crippen LogP contribution in [0.1, 0.15) is 18.5 Å². The Morgan fingerprint density at radius 2 is 2.00 bits per heavy atom. The van der Waals surface area contributed by atoms with Gasteiger partial charge in [-0.15, -0.1) is 0 Å². The molecule has 0 radical (unpaired) electrons. The highest BCUT2D eigenvalue weighted by atomic mass is 35.5. The Hall–Kier alpha value is -0.770. The summed E-state index contributed by atoms with van der Waals surface area (Å²) in [5, 5.41) is 4.19. The lowest BCUT2D eigenvalue weighted by atomic mass is 10.1. The number of carbonyl (C=O) groups is 1. The molecule has 17 heavy (non-hydrogen) atoms. The molecule has 0 aliphatic carbocycles. The van der Waals surface area contributed by atoms with Crippen LogP contribution in [0.5, 0.6) is 0 Å². The molecule has 1 unspecified atom stereocenters. The minimum atomic E-state index is 0.0388. The molecule has 0 fully saturated rings. The maximum atomic E-state index is 11.4. The zero-order chi connectivity index (χ0) is 13.0. The topological polar surface area (TPSA) is 32.3 Å². The fourth-order valence-corrected chi connectivity index (χ4v) is 1.60. The van der Waals surface area contributed by atoms with Crippen molar-refractivity contribution in [3.63, 3.8) is 0 Å². The second kappa shape index (κ2) is 6.24. The lowest BCUT2D eigenvalue weighted by Crippen LogP contribution is -2.34. The zero-order valence-corrected chi connectivity index (χ0v) is 11.6. The van der Waals surface area contributed by atoms with E-state index in [9.17, 15) is 4.79 Å². The predicted octanol–water partition coefficient (Wildman–Crippen LogP) is 2.73. The van der Waals surface area contributed by atoms with Gasteiger partial charge in [-0.2, -0.15) is 0 Å². The third-order valence-corrected chi connectivity index (χ3v) is 3.24. The number of hydrogen-bond donors (Lipinski definition) is 1. The van der Waals surface area contributed by atoms with Crippen LogP contribution in [0.4, 0.5) is 0 Å². The van der Waals surface area contributed by atoms with E-state index in [-0.39, 0.29) is 11.9 Å². The number of benzene rings is 1. The maximum Gasteiger partial charge on any atom is 0.236 e. The SMILES string of the molecule is CC(NCC(=O)N(C)C)c1ccc(Cl)c(Cl)c1. The Morgan fingerprint density at radius 1 is 1.35 bits per heavy atom. The highest BCUT2D eigenvalue weighted by Gasteiger charge is 2.10. The van der Waals surface area contributed by atoms with E-state index in [2.05, 4.69) is 5.32 Å². The average molecular weight is 275 g/mol. The van der Waals surface area contributed by atoms with Gasteiger partial charge in [0.1, 0.15) is 0 Å². The van der Waals surface area contributed by atoms with Crippen molar-refractivity contribution >= 4 is 29.1 Å². The van der Waals surface area contributed by atoms with Gasteiger partial charge in [-0.25, -0.2) is 0 Å². The second-order valence-corrected chi connectivity index (χ2v) is 4.88. The van der Waals surface area contributed by atoms with Crippen molar-refractivity contribution in [3.8, 4) is 0 Å². The lowest BCUT2D eigenvalue weighted by molar-refractivity contribution is -0.127. The number of carbonyl (C=O) groups excluding carboxylic acids is 1. The molecule has 0 spiro atoms. The van der Waals surface area contributed by atoms with Gasteiger partial charge < -0.3 is 10.2 Å². The first-order chi connectivity index (χ1) is 7.91. The fraction of sp³-hybridized carbons (Fsp3) is 0.417. The van der Waals surface area contributed by atoms with Crippen LogP contribution in [0.2, 0.25) is 10.0 Å². The largest absolute Gasteiger partial charge is 0.348 e. The Bertz CT molecular complexity index is 407. The Labute approximate surface area is 112 Å². The smallest absolute Gasteiger partial charge is 0.236 e. The minimum absolute atomic E-state index is 0.0388. The first kappa shape index (κ1) is 14.3. The van der Waals surface area contributed by atoms with Gasteiger partial charge >= 0.3 is 0 Å². The number of hydrogen-bond acceptors (Lipinski definition) is 2. The van der Waals surface area contributed by atoms with Gasteiger partial charge in [-0.3, -0.25) is 4.79 Å². The summed E-state index contributed by atoms with van der Waals surface area (Å²) < 4.78 is 0. The number of amides is 1. The second-order valence-electron chi connectivity index (χ2n) is 4.06. The monoisotopic (exact) mass is 274 g/mol. The van der Waals surface area contributed by atoms with Crippen LogP contribution in [-0.4, -0.2) is 31.4 Å². The van der Waals surface area contributed by atoms with Crippen LogP contribution in [0.15, 0.2) is 18.2 Å². The molecule has 0 aliphatic rings. The molecule has 1 aromatic rings. The highest BCUT2D eigenvalue weighted by Crippen LogP contribution is 2.25. The number of halogens is 2. The van der Waals surface area contributed by atoms with E-state index in [1.54, 1.807) is 25.1 Å². The van der Waals surface area contributed by atoms with Crippen molar-refractivity contribution in [2.45, 2.75) is 13.0 Å². The molecular formula is C12H16Cl2N2O. The van der Waals surface area contributed by atoms with Crippen molar-refractivity contribution < 1.29 is 4.79 Å². The summed E-state index contributed by atoms with van der Waals surface area (Å²) >= 11 is 11.8. The average Bonchev–Trinajstić information content (AvgIpc) is 2.28. The Balaban J connectivity index is 2.61. The summed E-state index contributed by atoms with van der Waals surface area (Å²) in [6.45, 7) is 2.27.